The summed E-state index contributed by atoms with van der Waals surface area (Å²) in [5, 5.41) is 6.64. The molecule has 5 nitrogen and oxygen atoms in total. The number of piperidine rings is 1. The van der Waals surface area contributed by atoms with Crippen LogP contribution in [0.25, 0.3) is 0 Å². The summed E-state index contributed by atoms with van der Waals surface area (Å²) >= 11 is 0. The van der Waals surface area contributed by atoms with Gasteiger partial charge in [-0.05, 0) is 55.5 Å². The van der Waals surface area contributed by atoms with E-state index in [9.17, 15) is 0 Å². The molecule has 0 radical (unpaired) electrons. The minimum Gasteiger partial charge on any atom is -0.357 e. The van der Waals surface area contributed by atoms with E-state index in [1.54, 1.807) is 0 Å². The Morgan fingerprint density at radius 2 is 1.96 bits per heavy atom. The van der Waals surface area contributed by atoms with Gasteiger partial charge in [-0.15, -0.1) is 0 Å². The zero-order valence-corrected chi connectivity index (χ0v) is 17.2. The Morgan fingerprint density at radius 1 is 1.14 bits per heavy atom. The van der Waals surface area contributed by atoms with Gasteiger partial charge in [0, 0.05) is 25.8 Å². The number of hydrogen-bond acceptors (Lipinski definition) is 3. The Hall–Kier alpha value is -2.40. The molecule has 0 aliphatic carbocycles. The van der Waals surface area contributed by atoms with E-state index >= 15 is 0 Å². The van der Waals surface area contributed by atoms with Crippen molar-refractivity contribution < 1.29 is 0 Å². The largest absolute Gasteiger partial charge is 0.357 e. The molecule has 2 heterocycles. The van der Waals surface area contributed by atoms with Crippen LogP contribution < -0.4 is 10.6 Å². The summed E-state index contributed by atoms with van der Waals surface area (Å²) in [6.07, 6.45) is 4.51. The van der Waals surface area contributed by atoms with Crippen LogP contribution in [0, 0.1) is 5.92 Å². The maximum Gasteiger partial charge on any atom is 0.191 e. The zero-order valence-electron chi connectivity index (χ0n) is 17.2. The molecule has 3 rings (SSSR count). The lowest BCUT2D eigenvalue weighted by molar-refractivity contribution is 0.176. The number of benzene rings is 1. The molecule has 2 N–H and O–H groups in total. The molecule has 1 aliphatic rings. The number of guanidine groups is 1. The van der Waals surface area contributed by atoms with Crippen molar-refractivity contribution >= 4 is 5.96 Å². The highest BCUT2D eigenvalue weighted by molar-refractivity contribution is 5.79. The number of pyridine rings is 1. The molecule has 0 saturated carbocycles. The van der Waals surface area contributed by atoms with Crippen molar-refractivity contribution in [3.8, 4) is 0 Å². The van der Waals surface area contributed by atoms with E-state index in [1.807, 2.05) is 24.4 Å². The molecular formula is C23H33N5. The third-order valence-electron chi connectivity index (χ3n) is 5.10. The molecule has 1 aromatic heterocycles. The first-order chi connectivity index (χ1) is 13.7. The summed E-state index contributed by atoms with van der Waals surface area (Å²) in [6.45, 7) is 10.1. The van der Waals surface area contributed by atoms with Crippen LogP contribution in [-0.4, -0.2) is 35.5 Å². The van der Waals surface area contributed by atoms with Gasteiger partial charge in [-0.3, -0.25) is 9.88 Å². The lowest BCUT2D eigenvalue weighted by Crippen LogP contribution is -2.37. The first-order valence-electron chi connectivity index (χ1n) is 10.4. The lowest BCUT2D eigenvalue weighted by atomic mass is 9.99. The fourth-order valence-electron chi connectivity index (χ4n) is 3.63. The summed E-state index contributed by atoms with van der Waals surface area (Å²) in [6, 6.07) is 14.8. The van der Waals surface area contributed by atoms with Crippen LogP contribution in [0.3, 0.4) is 0 Å². The van der Waals surface area contributed by atoms with E-state index < -0.39 is 0 Å². The van der Waals surface area contributed by atoms with E-state index in [1.165, 1.54) is 37.1 Å². The molecule has 0 spiro atoms. The summed E-state index contributed by atoms with van der Waals surface area (Å²) in [5.74, 6) is 1.64. The topological polar surface area (TPSA) is 52.6 Å². The van der Waals surface area contributed by atoms with Gasteiger partial charge < -0.3 is 10.6 Å². The second kappa shape index (κ2) is 10.8. The van der Waals surface area contributed by atoms with Gasteiger partial charge in [0.05, 0.1) is 18.8 Å². The van der Waals surface area contributed by atoms with Crippen molar-refractivity contribution in [1.82, 2.24) is 20.5 Å². The van der Waals surface area contributed by atoms with E-state index in [4.69, 9.17) is 4.99 Å². The van der Waals surface area contributed by atoms with Crippen LogP contribution >= 0.6 is 0 Å². The first kappa shape index (κ1) is 20.3. The van der Waals surface area contributed by atoms with Gasteiger partial charge in [0.2, 0.25) is 0 Å². The highest BCUT2D eigenvalue weighted by atomic mass is 15.2. The van der Waals surface area contributed by atoms with Crippen LogP contribution in [0.15, 0.2) is 53.7 Å². The lowest BCUT2D eigenvalue weighted by Gasteiger charge is -2.30. The number of aliphatic imine (C=N–C) groups is 1. The molecule has 0 amide bonds. The predicted octanol–water partition coefficient (Wildman–Crippen LogP) is 3.57. The molecule has 1 unspecified atom stereocenters. The zero-order chi connectivity index (χ0) is 19.6. The highest BCUT2D eigenvalue weighted by Gasteiger charge is 2.16. The van der Waals surface area contributed by atoms with Crippen molar-refractivity contribution in [2.75, 3.05) is 19.6 Å². The second-order valence-electron chi connectivity index (χ2n) is 7.67. The van der Waals surface area contributed by atoms with Gasteiger partial charge in [-0.1, -0.05) is 37.3 Å². The number of likely N-dealkylation sites (tertiary alicyclic amines) is 1. The molecular weight excluding hydrogens is 346 g/mol. The normalized spacial score (nSPS) is 18.1. The summed E-state index contributed by atoms with van der Waals surface area (Å²) in [7, 11) is 0. The molecule has 2 aromatic rings. The maximum atomic E-state index is 4.71. The first-order valence-corrected chi connectivity index (χ1v) is 10.4. The van der Waals surface area contributed by atoms with Crippen molar-refractivity contribution in [3.05, 3.63) is 65.5 Å². The Labute approximate surface area is 169 Å². The third-order valence-corrected chi connectivity index (χ3v) is 5.10. The fraction of sp³-hybridized carbons (Fsp3) is 0.478. The number of nitrogens with zero attached hydrogens (tertiary/aromatic N) is 3. The highest BCUT2D eigenvalue weighted by Crippen LogP contribution is 2.18. The molecule has 28 heavy (non-hydrogen) atoms. The van der Waals surface area contributed by atoms with E-state index in [0.717, 1.165) is 30.7 Å². The molecule has 5 heteroatoms. The minimum atomic E-state index is 0.665. The predicted molar refractivity (Wildman–Crippen MR) is 116 cm³/mol. The fourth-order valence-corrected chi connectivity index (χ4v) is 3.63. The van der Waals surface area contributed by atoms with E-state index in [2.05, 4.69) is 58.6 Å². The molecule has 1 aliphatic heterocycles. The third kappa shape index (κ3) is 6.64. The quantitative estimate of drug-likeness (QED) is 0.570. The Kier molecular flexibility index (Phi) is 7.85. The molecule has 1 atom stereocenters. The number of aromatic nitrogens is 1. The van der Waals surface area contributed by atoms with Crippen LogP contribution in [0.2, 0.25) is 0 Å². The summed E-state index contributed by atoms with van der Waals surface area (Å²) in [4.78, 5) is 11.6. The van der Waals surface area contributed by atoms with Gasteiger partial charge in [-0.25, -0.2) is 4.99 Å². The van der Waals surface area contributed by atoms with E-state index in [-0.39, 0.29) is 0 Å². The Balaban J connectivity index is 1.52. The maximum absolute atomic E-state index is 4.71. The van der Waals surface area contributed by atoms with Crippen molar-refractivity contribution in [2.24, 2.45) is 10.9 Å². The van der Waals surface area contributed by atoms with Crippen molar-refractivity contribution in [2.45, 2.75) is 46.3 Å². The molecule has 0 bridgehead atoms. The van der Waals surface area contributed by atoms with Crippen LogP contribution in [0.4, 0.5) is 0 Å². The SMILES string of the molecule is CCNC(=NCc1ccc(CN2CCCC(C)C2)cc1)NCc1ccccn1. The van der Waals surface area contributed by atoms with Crippen molar-refractivity contribution in [1.29, 1.82) is 0 Å². The average Bonchev–Trinajstić information content (AvgIpc) is 2.72. The van der Waals surface area contributed by atoms with E-state index in [0.29, 0.717) is 13.1 Å². The number of nitrogens with one attached hydrogen (secondary N) is 2. The van der Waals surface area contributed by atoms with Gasteiger partial charge >= 0.3 is 0 Å². The van der Waals surface area contributed by atoms with Crippen LogP contribution in [0.1, 0.15) is 43.5 Å². The summed E-state index contributed by atoms with van der Waals surface area (Å²) < 4.78 is 0. The molecule has 1 fully saturated rings. The molecule has 1 saturated heterocycles. The Morgan fingerprint density at radius 3 is 2.68 bits per heavy atom. The number of hydrogen-bond donors (Lipinski definition) is 2. The minimum absolute atomic E-state index is 0.665. The van der Waals surface area contributed by atoms with Crippen LogP contribution in [-0.2, 0) is 19.6 Å². The van der Waals surface area contributed by atoms with Crippen LogP contribution in [0.5, 0.6) is 0 Å². The monoisotopic (exact) mass is 379 g/mol. The van der Waals surface area contributed by atoms with Crippen molar-refractivity contribution in [3.63, 3.8) is 0 Å². The molecule has 1 aromatic carbocycles. The van der Waals surface area contributed by atoms with Gasteiger partial charge in [0.25, 0.3) is 0 Å². The average molecular weight is 380 g/mol. The van der Waals surface area contributed by atoms with Gasteiger partial charge in [0.1, 0.15) is 0 Å². The van der Waals surface area contributed by atoms with Gasteiger partial charge in [-0.2, -0.15) is 0 Å². The second-order valence-corrected chi connectivity index (χ2v) is 7.67. The number of rotatable bonds is 7. The molecule has 150 valence electrons. The smallest absolute Gasteiger partial charge is 0.191 e. The Bertz CT molecular complexity index is 726. The summed E-state index contributed by atoms with van der Waals surface area (Å²) in [5.41, 5.74) is 3.62. The standard InChI is InChI=1S/C23H33N5/c1-3-24-23(27-16-22-8-4-5-13-25-22)26-15-20-9-11-21(12-10-20)18-28-14-6-7-19(2)17-28/h4-5,8-13,19H,3,6-7,14-18H2,1-2H3,(H2,24,26,27). The van der Waals surface area contributed by atoms with Gasteiger partial charge in [0.15, 0.2) is 5.96 Å².